The molecule has 1 aromatic rings. The number of amides is 1. The summed E-state index contributed by atoms with van der Waals surface area (Å²) in [6.07, 6.45) is 0. The predicted octanol–water partition coefficient (Wildman–Crippen LogP) is 0.824. The molecule has 1 rings (SSSR count). The van der Waals surface area contributed by atoms with Crippen LogP contribution in [0.1, 0.15) is 19.4 Å². The van der Waals surface area contributed by atoms with Crippen LogP contribution in [0.25, 0.3) is 0 Å². The van der Waals surface area contributed by atoms with E-state index in [-0.39, 0.29) is 17.9 Å². The highest BCUT2D eigenvalue weighted by Crippen LogP contribution is 2.25. The van der Waals surface area contributed by atoms with Crippen molar-refractivity contribution in [3.05, 3.63) is 33.9 Å². The lowest BCUT2D eigenvalue weighted by Gasteiger charge is -2.22. The summed E-state index contributed by atoms with van der Waals surface area (Å²) in [5.41, 5.74) is 8.39. The lowest BCUT2D eigenvalue weighted by molar-refractivity contribution is -0.384. The molecule has 0 saturated carbocycles. The van der Waals surface area contributed by atoms with Crippen LogP contribution in [0.5, 0.6) is 0 Å². The maximum atomic E-state index is 11.1. The van der Waals surface area contributed by atoms with Crippen molar-refractivity contribution in [1.82, 2.24) is 4.90 Å². The second-order valence-corrected chi connectivity index (χ2v) is 5.28. The van der Waals surface area contributed by atoms with Gasteiger partial charge in [0.15, 0.2) is 0 Å². The van der Waals surface area contributed by atoms with Gasteiger partial charge in [0, 0.05) is 19.2 Å². The molecule has 8 nitrogen and oxygen atoms in total. The molecular weight excluding hydrogens is 274 g/mol. The van der Waals surface area contributed by atoms with E-state index in [1.165, 1.54) is 6.07 Å². The first-order valence-electron chi connectivity index (χ1n) is 6.58. The standard InChI is InChI=1S/C13H21N5O3/c1-9(2)6-17(8-13(14)19)7-10-3-4-11(16-15)12(5-10)18(20)21/h3-5,9,16H,6-8,15H2,1-2H3,(H2,14,19). The molecule has 0 atom stereocenters. The van der Waals surface area contributed by atoms with E-state index in [4.69, 9.17) is 11.6 Å². The molecule has 0 aliphatic carbocycles. The summed E-state index contributed by atoms with van der Waals surface area (Å²) in [6.45, 7) is 5.25. The smallest absolute Gasteiger partial charge is 0.293 e. The fourth-order valence-electron chi connectivity index (χ4n) is 2.13. The number of benzene rings is 1. The molecule has 5 N–H and O–H groups in total. The Kier molecular flexibility index (Phi) is 6.07. The Morgan fingerprint density at radius 3 is 2.62 bits per heavy atom. The number of hydrazine groups is 1. The minimum Gasteiger partial charge on any atom is -0.369 e. The van der Waals surface area contributed by atoms with Crippen LogP contribution in [0.3, 0.4) is 0 Å². The van der Waals surface area contributed by atoms with Gasteiger partial charge in [-0.25, -0.2) is 0 Å². The van der Waals surface area contributed by atoms with E-state index in [1.807, 2.05) is 18.7 Å². The van der Waals surface area contributed by atoms with E-state index in [0.717, 1.165) is 5.56 Å². The Balaban J connectivity index is 2.95. The fourth-order valence-corrected chi connectivity index (χ4v) is 2.13. The van der Waals surface area contributed by atoms with Crippen molar-refractivity contribution < 1.29 is 9.72 Å². The molecule has 0 aromatic heterocycles. The van der Waals surface area contributed by atoms with Crippen molar-refractivity contribution in [3.63, 3.8) is 0 Å². The molecule has 1 aromatic carbocycles. The largest absolute Gasteiger partial charge is 0.369 e. The average molecular weight is 295 g/mol. The highest BCUT2D eigenvalue weighted by Gasteiger charge is 2.16. The van der Waals surface area contributed by atoms with Crippen molar-refractivity contribution in [2.75, 3.05) is 18.5 Å². The van der Waals surface area contributed by atoms with Crippen LogP contribution >= 0.6 is 0 Å². The first-order valence-corrected chi connectivity index (χ1v) is 6.58. The zero-order valence-electron chi connectivity index (χ0n) is 12.2. The minimum absolute atomic E-state index is 0.0985. The van der Waals surface area contributed by atoms with E-state index >= 15 is 0 Å². The SMILES string of the molecule is CC(C)CN(CC(N)=O)Cc1ccc(NN)c([N+](=O)[O-])c1. The molecule has 0 unspecified atom stereocenters. The number of anilines is 1. The Hall–Kier alpha value is -2.19. The van der Waals surface area contributed by atoms with Gasteiger partial charge in [-0.15, -0.1) is 0 Å². The first-order chi connectivity index (χ1) is 9.83. The number of carbonyl (C=O) groups is 1. The number of hydrogen-bond acceptors (Lipinski definition) is 6. The van der Waals surface area contributed by atoms with Gasteiger partial charge in [0.05, 0.1) is 11.5 Å². The third kappa shape index (κ3) is 5.36. The number of primary amides is 1. The van der Waals surface area contributed by atoms with Crippen molar-refractivity contribution >= 4 is 17.3 Å². The van der Waals surface area contributed by atoms with Crippen molar-refractivity contribution in [1.29, 1.82) is 0 Å². The molecule has 0 heterocycles. The van der Waals surface area contributed by atoms with E-state index in [1.54, 1.807) is 12.1 Å². The van der Waals surface area contributed by atoms with Gasteiger partial charge in [0.2, 0.25) is 5.91 Å². The third-order valence-electron chi connectivity index (χ3n) is 2.82. The number of nitro benzene ring substituents is 1. The summed E-state index contributed by atoms with van der Waals surface area (Å²) >= 11 is 0. The maximum absolute atomic E-state index is 11.1. The number of carbonyl (C=O) groups excluding carboxylic acids is 1. The lowest BCUT2D eigenvalue weighted by Crippen LogP contribution is -2.35. The van der Waals surface area contributed by atoms with Gasteiger partial charge in [-0.2, -0.15) is 0 Å². The van der Waals surface area contributed by atoms with E-state index in [9.17, 15) is 14.9 Å². The second-order valence-electron chi connectivity index (χ2n) is 5.28. The third-order valence-corrected chi connectivity index (χ3v) is 2.82. The molecule has 0 aliphatic heterocycles. The topological polar surface area (TPSA) is 128 Å². The molecule has 0 aliphatic rings. The predicted molar refractivity (Wildman–Crippen MR) is 80.2 cm³/mol. The van der Waals surface area contributed by atoms with Crippen LogP contribution in [0.15, 0.2) is 18.2 Å². The van der Waals surface area contributed by atoms with Gasteiger partial charge in [-0.05, 0) is 17.5 Å². The van der Waals surface area contributed by atoms with Crippen LogP contribution in [0, 0.1) is 16.0 Å². The Morgan fingerprint density at radius 1 is 1.48 bits per heavy atom. The summed E-state index contributed by atoms with van der Waals surface area (Å²) in [6, 6.07) is 4.73. The molecule has 0 spiro atoms. The highest BCUT2D eigenvalue weighted by atomic mass is 16.6. The molecule has 0 radical (unpaired) electrons. The van der Waals surface area contributed by atoms with Crippen LogP contribution in [-0.2, 0) is 11.3 Å². The zero-order chi connectivity index (χ0) is 16.0. The van der Waals surface area contributed by atoms with Gasteiger partial charge < -0.3 is 11.2 Å². The van der Waals surface area contributed by atoms with Crippen LogP contribution in [0.4, 0.5) is 11.4 Å². The molecule has 0 saturated heterocycles. The summed E-state index contributed by atoms with van der Waals surface area (Å²) in [5.74, 6) is 5.17. The van der Waals surface area contributed by atoms with Crippen LogP contribution < -0.4 is 17.0 Å². The molecular formula is C13H21N5O3. The Labute approximate surface area is 123 Å². The van der Waals surface area contributed by atoms with E-state index in [2.05, 4.69) is 5.43 Å². The molecule has 21 heavy (non-hydrogen) atoms. The number of nitrogen functional groups attached to an aromatic ring is 1. The normalized spacial score (nSPS) is 10.9. The average Bonchev–Trinajstić information content (AvgIpc) is 2.36. The second kappa shape index (κ2) is 7.55. The molecule has 1 amide bonds. The van der Waals surface area contributed by atoms with Gasteiger partial charge >= 0.3 is 0 Å². The number of nitro groups is 1. The summed E-state index contributed by atoms with van der Waals surface area (Å²) in [7, 11) is 0. The van der Waals surface area contributed by atoms with Crippen molar-refractivity contribution in [2.45, 2.75) is 20.4 Å². The van der Waals surface area contributed by atoms with Gasteiger partial charge in [0.1, 0.15) is 5.69 Å². The number of nitrogens with one attached hydrogen (secondary N) is 1. The molecule has 0 fully saturated rings. The molecule has 116 valence electrons. The van der Waals surface area contributed by atoms with E-state index < -0.39 is 10.8 Å². The number of nitrogens with two attached hydrogens (primary N) is 2. The Morgan fingerprint density at radius 2 is 2.14 bits per heavy atom. The minimum atomic E-state index is -0.500. The van der Waals surface area contributed by atoms with Gasteiger partial charge in [-0.3, -0.25) is 25.7 Å². The van der Waals surface area contributed by atoms with Gasteiger partial charge in [0.25, 0.3) is 5.69 Å². The first kappa shape index (κ1) is 16.9. The lowest BCUT2D eigenvalue weighted by atomic mass is 10.1. The quantitative estimate of drug-likeness (QED) is 0.370. The molecule has 0 bridgehead atoms. The number of nitrogens with zero attached hydrogens (tertiary/aromatic N) is 2. The zero-order valence-corrected chi connectivity index (χ0v) is 12.2. The van der Waals surface area contributed by atoms with Crippen LogP contribution in [0.2, 0.25) is 0 Å². The Bertz CT molecular complexity index is 519. The van der Waals surface area contributed by atoms with Crippen LogP contribution in [-0.4, -0.2) is 28.8 Å². The monoisotopic (exact) mass is 295 g/mol. The number of rotatable bonds is 8. The molecule has 8 heteroatoms. The van der Waals surface area contributed by atoms with Crippen molar-refractivity contribution in [2.24, 2.45) is 17.5 Å². The van der Waals surface area contributed by atoms with E-state index in [0.29, 0.717) is 19.0 Å². The summed E-state index contributed by atoms with van der Waals surface area (Å²) in [4.78, 5) is 23.5. The summed E-state index contributed by atoms with van der Waals surface area (Å²) < 4.78 is 0. The maximum Gasteiger partial charge on any atom is 0.293 e. The highest BCUT2D eigenvalue weighted by molar-refractivity contribution is 5.75. The number of hydrogen-bond donors (Lipinski definition) is 3. The summed E-state index contributed by atoms with van der Waals surface area (Å²) in [5, 5.41) is 11.0. The fraction of sp³-hybridized carbons (Fsp3) is 0.462. The van der Waals surface area contributed by atoms with Crippen molar-refractivity contribution in [3.8, 4) is 0 Å². The van der Waals surface area contributed by atoms with Gasteiger partial charge in [-0.1, -0.05) is 19.9 Å².